The van der Waals surface area contributed by atoms with Gasteiger partial charge in [-0.25, -0.2) is 13.2 Å². The molecule has 1 heterocycles. The van der Waals surface area contributed by atoms with Crippen LogP contribution in [0.2, 0.25) is 0 Å². The Kier molecular flexibility index (Phi) is 4.87. The first-order valence-electron chi connectivity index (χ1n) is 5.29. The van der Waals surface area contributed by atoms with Gasteiger partial charge in [-0.3, -0.25) is 14.6 Å². The summed E-state index contributed by atoms with van der Waals surface area (Å²) in [5.74, 6) is -2.51. The Bertz CT molecular complexity index is 564. The molecule has 106 valence electrons. The van der Waals surface area contributed by atoms with Crippen molar-refractivity contribution >= 4 is 27.8 Å². The summed E-state index contributed by atoms with van der Waals surface area (Å²) in [5.41, 5.74) is -0.247. The maximum atomic E-state index is 11.6. The van der Waals surface area contributed by atoms with Crippen LogP contribution < -0.4 is 4.72 Å². The zero-order valence-electron chi connectivity index (χ0n) is 10.0. The summed E-state index contributed by atoms with van der Waals surface area (Å²) < 4.78 is 29.8. The molecule has 0 saturated heterocycles. The number of aromatic amines is 1. The van der Waals surface area contributed by atoms with E-state index in [0.717, 1.165) is 6.07 Å². The molecule has 9 nitrogen and oxygen atoms in total. The number of rotatable bonds is 7. The SMILES string of the molecule is CCOC(=O)CCS(=O)(=O)Nc1cc(C(=O)O)[nH]n1. The molecule has 19 heavy (non-hydrogen) atoms. The number of esters is 1. The summed E-state index contributed by atoms with van der Waals surface area (Å²) in [4.78, 5) is 21.6. The molecule has 1 aromatic rings. The number of ether oxygens (including phenoxy) is 1. The average Bonchev–Trinajstić information content (AvgIpc) is 2.75. The van der Waals surface area contributed by atoms with Crippen molar-refractivity contribution < 1.29 is 27.9 Å². The number of carbonyl (C=O) groups excluding carboxylic acids is 1. The van der Waals surface area contributed by atoms with E-state index in [9.17, 15) is 18.0 Å². The fourth-order valence-electron chi connectivity index (χ4n) is 1.14. The Hall–Kier alpha value is -2.10. The minimum Gasteiger partial charge on any atom is -0.477 e. The Labute approximate surface area is 109 Å². The topological polar surface area (TPSA) is 138 Å². The molecule has 1 aromatic heterocycles. The molecule has 0 aliphatic carbocycles. The number of nitrogens with one attached hydrogen (secondary N) is 2. The second-order valence-electron chi connectivity index (χ2n) is 3.45. The van der Waals surface area contributed by atoms with Crippen LogP contribution in [0.5, 0.6) is 0 Å². The smallest absolute Gasteiger partial charge is 0.353 e. The Morgan fingerprint density at radius 2 is 2.21 bits per heavy atom. The monoisotopic (exact) mass is 291 g/mol. The highest BCUT2D eigenvalue weighted by molar-refractivity contribution is 7.92. The van der Waals surface area contributed by atoms with Crippen LogP contribution in [-0.4, -0.2) is 48.0 Å². The fourth-order valence-corrected chi connectivity index (χ4v) is 2.11. The molecule has 0 fully saturated rings. The number of nitrogens with zero attached hydrogens (tertiary/aromatic N) is 1. The van der Waals surface area contributed by atoms with E-state index in [1.54, 1.807) is 6.92 Å². The summed E-state index contributed by atoms with van der Waals surface area (Å²) in [6, 6.07) is 1.03. The lowest BCUT2D eigenvalue weighted by molar-refractivity contribution is -0.142. The van der Waals surface area contributed by atoms with E-state index in [0.29, 0.717) is 0 Å². The second kappa shape index (κ2) is 6.18. The van der Waals surface area contributed by atoms with Gasteiger partial charge in [-0.15, -0.1) is 0 Å². The van der Waals surface area contributed by atoms with Crippen LogP contribution in [0, 0.1) is 0 Å². The normalized spacial score (nSPS) is 11.0. The first kappa shape index (κ1) is 15.0. The molecule has 0 bridgehead atoms. The fraction of sp³-hybridized carbons (Fsp3) is 0.444. The van der Waals surface area contributed by atoms with Gasteiger partial charge in [0, 0.05) is 6.07 Å². The maximum Gasteiger partial charge on any atom is 0.353 e. The molecule has 0 radical (unpaired) electrons. The minimum atomic E-state index is -3.79. The van der Waals surface area contributed by atoms with Gasteiger partial charge in [0.05, 0.1) is 18.8 Å². The number of carbonyl (C=O) groups is 2. The number of carboxylic acids is 1. The highest BCUT2D eigenvalue weighted by Gasteiger charge is 2.16. The zero-order chi connectivity index (χ0) is 14.5. The van der Waals surface area contributed by atoms with Crippen molar-refractivity contribution in [3.05, 3.63) is 11.8 Å². The zero-order valence-corrected chi connectivity index (χ0v) is 10.9. The van der Waals surface area contributed by atoms with Crippen LogP contribution in [0.25, 0.3) is 0 Å². The lowest BCUT2D eigenvalue weighted by atomic mass is 10.4. The second-order valence-corrected chi connectivity index (χ2v) is 5.29. The lowest BCUT2D eigenvalue weighted by Gasteiger charge is -2.04. The highest BCUT2D eigenvalue weighted by atomic mass is 32.2. The lowest BCUT2D eigenvalue weighted by Crippen LogP contribution is -2.20. The Morgan fingerprint density at radius 1 is 1.53 bits per heavy atom. The van der Waals surface area contributed by atoms with Crippen LogP contribution in [0.15, 0.2) is 6.07 Å². The first-order chi connectivity index (χ1) is 8.84. The van der Waals surface area contributed by atoms with E-state index in [2.05, 4.69) is 14.9 Å². The summed E-state index contributed by atoms with van der Waals surface area (Å²) in [5, 5.41) is 14.2. The van der Waals surface area contributed by atoms with Crippen molar-refractivity contribution in [2.24, 2.45) is 0 Å². The third-order valence-corrected chi connectivity index (χ3v) is 3.21. The van der Waals surface area contributed by atoms with Crippen LogP contribution in [0.1, 0.15) is 23.8 Å². The first-order valence-corrected chi connectivity index (χ1v) is 6.94. The minimum absolute atomic E-state index is 0.152. The van der Waals surface area contributed by atoms with Gasteiger partial charge in [-0.1, -0.05) is 0 Å². The van der Waals surface area contributed by atoms with Gasteiger partial charge in [0.25, 0.3) is 0 Å². The molecule has 3 N–H and O–H groups in total. The van der Waals surface area contributed by atoms with Crippen molar-refractivity contribution in [2.75, 3.05) is 17.1 Å². The molecule has 0 unspecified atom stereocenters. The Balaban J connectivity index is 2.58. The van der Waals surface area contributed by atoms with Crippen molar-refractivity contribution in [1.29, 1.82) is 0 Å². The van der Waals surface area contributed by atoms with Gasteiger partial charge >= 0.3 is 11.9 Å². The molecule has 0 atom stereocenters. The van der Waals surface area contributed by atoms with Gasteiger partial charge in [-0.2, -0.15) is 5.10 Å². The molecule has 0 aliphatic heterocycles. The number of hydrogen-bond acceptors (Lipinski definition) is 6. The summed E-state index contributed by atoms with van der Waals surface area (Å²) in [6.45, 7) is 1.79. The van der Waals surface area contributed by atoms with Crippen LogP contribution >= 0.6 is 0 Å². The molecule has 10 heteroatoms. The molecule has 0 saturated carbocycles. The standard InChI is InChI=1S/C9H13N3O6S/c1-2-18-8(13)3-4-19(16,17)12-7-5-6(9(14)15)10-11-7/h5H,2-4H2,1H3,(H,14,15)(H2,10,11,12). The van der Waals surface area contributed by atoms with E-state index < -0.39 is 27.7 Å². The summed E-state index contributed by atoms with van der Waals surface area (Å²) in [7, 11) is -3.79. The van der Waals surface area contributed by atoms with Crippen LogP contribution in [0.4, 0.5) is 5.82 Å². The third-order valence-electron chi connectivity index (χ3n) is 1.95. The maximum absolute atomic E-state index is 11.6. The van der Waals surface area contributed by atoms with E-state index in [1.807, 2.05) is 4.72 Å². The summed E-state index contributed by atoms with van der Waals surface area (Å²) >= 11 is 0. The Morgan fingerprint density at radius 3 is 2.74 bits per heavy atom. The molecular weight excluding hydrogens is 278 g/mol. The predicted molar refractivity (Wildman–Crippen MR) is 64.2 cm³/mol. The molecular formula is C9H13N3O6S. The van der Waals surface area contributed by atoms with Gasteiger partial charge < -0.3 is 9.84 Å². The molecule has 1 rings (SSSR count). The molecule has 0 aromatic carbocycles. The molecule has 0 aliphatic rings. The number of carboxylic acid groups (broad SMARTS) is 1. The number of H-pyrrole nitrogens is 1. The van der Waals surface area contributed by atoms with E-state index in [-0.39, 0.29) is 24.5 Å². The van der Waals surface area contributed by atoms with E-state index >= 15 is 0 Å². The molecule has 0 amide bonds. The van der Waals surface area contributed by atoms with Gasteiger partial charge in [0.15, 0.2) is 5.82 Å². The average molecular weight is 291 g/mol. The highest BCUT2D eigenvalue weighted by Crippen LogP contribution is 2.08. The van der Waals surface area contributed by atoms with Gasteiger partial charge in [0.1, 0.15) is 5.69 Å². The largest absolute Gasteiger partial charge is 0.477 e. The van der Waals surface area contributed by atoms with Gasteiger partial charge in [-0.05, 0) is 6.92 Å². The van der Waals surface area contributed by atoms with Crippen molar-refractivity contribution in [2.45, 2.75) is 13.3 Å². The number of aromatic nitrogens is 2. The van der Waals surface area contributed by atoms with Crippen molar-refractivity contribution in [3.63, 3.8) is 0 Å². The number of sulfonamides is 1. The summed E-state index contributed by atoms with van der Waals surface area (Å²) in [6.07, 6.45) is -0.292. The predicted octanol–water partition coefficient (Wildman–Crippen LogP) is -0.197. The van der Waals surface area contributed by atoms with Crippen LogP contribution in [0.3, 0.4) is 0 Å². The number of hydrogen-bond donors (Lipinski definition) is 3. The molecule has 0 spiro atoms. The number of anilines is 1. The third kappa shape index (κ3) is 4.95. The quantitative estimate of drug-likeness (QED) is 0.591. The van der Waals surface area contributed by atoms with Crippen molar-refractivity contribution in [3.8, 4) is 0 Å². The van der Waals surface area contributed by atoms with E-state index in [1.165, 1.54) is 0 Å². The van der Waals surface area contributed by atoms with Crippen LogP contribution in [-0.2, 0) is 19.6 Å². The van der Waals surface area contributed by atoms with Crippen molar-refractivity contribution in [1.82, 2.24) is 10.2 Å². The number of aromatic carboxylic acids is 1. The van der Waals surface area contributed by atoms with Gasteiger partial charge in [0.2, 0.25) is 10.0 Å². The van der Waals surface area contributed by atoms with E-state index in [4.69, 9.17) is 5.11 Å².